The van der Waals surface area contributed by atoms with Gasteiger partial charge in [-0.3, -0.25) is 15.3 Å². The molecule has 0 unspecified atom stereocenters. The molecule has 1 aromatic carbocycles. The Morgan fingerprint density at radius 3 is 2.73 bits per heavy atom. The molecule has 8 nitrogen and oxygen atoms in total. The minimum atomic E-state index is -0.298. The molecular formula is C18H24N6O2. The lowest BCUT2D eigenvalue weighted by Gasteiger charge is -2.27. The summed E-state index contributed by atoms with van der Waals surface area (Å²) in [5, 5.41) is 14.7. The number of aromatic nitrogens is 2. The molecule has 0 aliphatic carbocycles. The Labute approximate surface area is 152 Å². The number of urea groups is 1. The van der Waals surface area contributed by atoms with E-state index < -0.39 is 0 Å². The lowest BCUT2D eigenvalue weighted by Crippen LogP contribution is -2.46. The van der Waals surface area contributed by atoms with Crippen LogP contribution in [0, 0.1) is 5.92 Å². The molecule has 1 aromatic heterocycles. The van der Waals surface area contributed by atoms with Gasteiger partial charge in [-0.2, -0.15) is 5.10 Å². The predicted molar refractivity (Wildman–Crippen MR) is 99.4 cm³/mol. The zero-order valence-corrected chi connectivity index (χ0v) is 15.0. The lowest BCUT2D eigenvalue weighted by atomic mass is 10.1. The van der Waals surface area contributed by atoms with Crippen molar-refractivity contribution in [2.45, 2.75) is 33.2 Å². The van der Waals surface area contributed by atoms with Gasteiger partial charge in [-0.25, -0.2) is 9.80 Å². The van der Waals surface area contributed by atoms with Crippen molar-refractivity contribution in [2.24, 2.45) is 5.92 Å². The van der Waals surface area contributed by atoms with Crippen molar-refractivity contribution in [3.63, 3.8) is 0 Å². The van der Waals surface area contributed by atoms with Crippen LogP contribution in [0.25, 0.3) is 0 Å². The summed E-state index contributed by atoms with van der Waals surface area (Å²) in [5.41, 5.74) is 5.47. The van der Waals surface area contributed by atoms with Gasteiger partial charge in [0.15, 0.2) is 5.82 Å². The smallest absolute Gasteiger partial charge is 0.309 e. The van der Waals surface area contributed by atoms with Crippen LogP contribution in [0.3, 0.4) is 0 Å². The summed E-state index contributed by atoms with van der Waals surface area (Å²) in [4.78, 5) is 24.2. The first-order valence-corrected chi connectivity index (χ1v) is 8.75. The molecule has 0 spiro atoms. The molecule has 4 N–H and O–H groups in total. The maximum absolute atomic E-state index is 12.2. The van der Waals surface area contributed by atoms with Crippen molar-refractivity contribution in [2.75, 3.05) is 17.2 Å². The van der Waals surface area contributed by atoms with Crippen LogP contribution in [-0.2, 0) is 17.8 Å². The molecule has 0 radical (unpaired) electrons. The number of aromatic amines is 1. The standard InChI is InChI=1S/C18H24N6O2/c1-12(2)10-16(25)20-17-14-11-24(9-8-15(14)21-22-17)23-18(26)19-13-6-4-3-5-7-13/h3-7,12H,8-11H2,1-2H3,(H2,19,23,26)(H2,20,21,22,25). The molecule has 3 amide bonds. The molecule has 2 aromatic rings. The van der Waals surface area contributed by atoms with E-state index in [1.807, 2.05) is 49.2 Å². The molecule has 1 aliphatic heterocycles. The predicted octanol–water partition coefficient (Wildman–Crippen LogP) is 2.49. The number of carbonyl (C=O) groups excluding carboxylic acids is 2. The summed E-state index contributed by atoms with van der Waals surface area (Å²) < 4.78 is 0. The fourth-order valence-electron chi connectivity index (χ4n) is 2.87. The third-order valence-corrected chi connectivity index (χ3v) is 4.08. The van der Waals surface area contributed by atoms with E-state index in [1.165, 1.54) is 0 Å². The van der Waals surface area contributed by atoms with Crippen LogP contribution >= 0.6 is 0 Å². The summed E-state index contributed by atoms with van der Waals surface area (Å²) in [5.74, 6) is 0.770. The van der Waals surface area contributed by atoms with Crippen molar-refractivity contribution in [1.29, 1.82) is 0 Å². The maximum Gasteiger partial charge on any atom is 0.333 e. The topological polar surface area (TPSA) is 102 Å². The van der Waals surface area contributed by atoms with Gasteiger partial charge in [-0.05, 0) is 18.1 Å². The normalized spacial score (nSPS) is 14.0. The third kappa shape index (κ3) is 4.60. The average Bonchev–Trinajstić information content (AvgIpc) is 2.97. The van der Waals surface area contributed by atoms with Crippen molar-refractivity contribution < 1.29 is 9.59 Å². The zero-order chi connectivity index (χ0) is 18.5. The summed E-state index contributed by atoms with van der Waals surface area (Å²) in [7, 11) is 0. The van der Waals surface area contributed by atoms with Crippen LogP contribution in [-0.4, -0.2) is 33.7 Å². The van der Waals surface area contributed by atoms with E-state index in [-0.39, 0.29) is 17.9 Å². The number of carbonyl (C=O) groups is 2. The largest absolute Gasteiger partial charge is 0.333 e. The SMILES string of the molecule is CC(C)CC(=O)Nc1n[nH]c2c1CN(NC(=O)Nc1ccccc1)CC2. The first kappa shape index (κ1) is 17.9. The van der Waals surface area contributed by atoms with Gasteiger partial charge in [-0.1, -0.05) is 32.0 Å². The molecule has 8 heteroatoms. The van der Waals surface area contributed by atoms with Gasteiger partial charge >= 0.3 is 6.03 Å². The lowest BCUT2D eigenvalue weighted by molar-refractivity contribution is -0.116. The average molecular weight is 356 g/mol. The van der Waals surface area contributed by atoms with E-state index in [0.29, 0.717) is 31.7 Å². The highest BCUT2D eigenvalue weighted by atomic mass is 16.2. The highest BCUT2D eigenvalue weighted by molar-refractivity contribution is 5.91. The number of hydrazine groups is 1. The molecule has 26 heavy (non-hydrogen) atoms. The van der Waals surface area contributed by atoms with Crippen LogP contribution in [0.5, 0.6) is 0 Å². The minimum Gasteiger partial charge on any atom is -0.309 e. The number of benzene rings is 1. The molecule has 1 aliphatic rings. The molecule has 0 bridgehead atoms. The van der Waals surface area contributed by atoms with Crippen molar-refractivity contribution >= 4 is 23.4 Å². The maximum atomic E-state index is 12.2. The first-order valence-electron chi connectivity index (χ1n) is 8.75. The number of para-hydroxylation sites is 1. The van der Waals surface area contributed by atoms with E-state index in [4.69, 9.17) is 0 Å². The summed E-state index contributed by atoms with van der Waals surface area (Å²) in [6.45, 7) is 5.13. The molecule has 138 valence electrons. The van der Waals surface area contributed by atoms with Gasteiger partial charge in [0, 0.05) is 42.9 Å². The van der Waals surface area contributed by atoms with Crippen LogP contribution in [0.4, 0.5) is 16.3 Å². The van der Waals surface area contributed by atoms with Crippen molar-refractivity contribution in [3.05, 3.63) is 41.6 Å². The number of nitrogens with zero attached hydrogens (tertiary/aromatic N) is 2. The molecule has 2 heterocycles. The van der Waals surface area contributed by atoms with E-state index in [0.717, 1.165) is 16.9 Å². The quantitative estimate of drug-likeness (QED) is 0.661. The number of hydrogen-bond acceptors (Lipinski definition) is 4. The molecule has 0 saturated heterocycles. The van der Waals surface area contributed by atoms with E-state index in [9.17, 15) is 9.59 Å². The Morgan fingerprint density at radius 1 is 1.23 bits per heavy atom. The van der Waals surface area contributed by atoms with Gasteiger partial charge < -0.3 is 10.6 Å². The van der Waals surface area contributed by atoms with E-state index >= 15 is 0 Å². The Hall–Kier alpha value is -2.87. The summed E-state index contributed by atoms with van der Waals surface area (Å²) in [6.07, 6.45) is 1.16. The minimum absolute atomic E-state index is 0.0544. The monoisotopic (exact) mass is 356 g/mol. The van der Waals surface area contributed by atoms with Crippen LogP contribution in [0.15, 0.2) is 30.3 Å². The number of nitrogens with one attached hydrogen (secondary N) is 4. The van der Waals surface area contributed by atoms with Gasteiger partial charge in [0.25, 0.3) is 0 Å². The fraction of sp³-hybridized carbons (Fsp3) is 0.389. The fourth-order valence-corrected chi connectivity index (χ4v) is 2.87. The van der Waals surface area contributed by atoms with E-state index in [1.54, 1.807) is 0 Å². The van der Waals surface area contributed by atoms with E-state index in [2.05, 4.69) is 26.3 Å². The number of rotatable bonds is 5. The van der Waals surface area contributed by atoms with Gasteiger partial charge in [0.05, 0.1) is 0 Å². The summed E-state index contributed by atoms with van der Waals surface area (Å²) >= 11 is 0. The Kier molecular flexibility index (Phi) is 5.52. The van der Waals surface area contributed by atoms with Crippen LogP contribution in [0.1, 0.15) is 31.5 Å². The second kappa shape index (κ2) is 8.01. The van der Waals surface area contributed by atoms with Crippen LogP contribution in [0.2, 0.25) is 0 Å². The van der Waals surface area contributed by atoms with Crippen LogP contribution < -0.4 is 16.1 Å². The molecular weight excluding hydrogens is 332 g/mol. The van der Waals surface area contributed by atoms with Gasteiger partial charge in [-0.15, -0.1) is 0 Å². The molecule has 0 fully saturated rings. The number of fused-ring (bicyclic) bond motifs is 1. The second-order valence-electron chi connectivity index (χ2n) is 6.78. The Balaban J connectivity index is 1.59. The Morgan fingerprint density at radius 2 is 2.00 bits per heavy atom. The molecule has 0 atom stereocenters. The van der Waals surface area contributed by atoms with Crippen molar-refractivity contribution in [1.82, 2.24) is 20.6 Å². The molecule has 0 saturated carbocycles. The number of amides is 3. The number of hydrogen-bond donors (Lipinski definition) is 4. The second-order valence-corrected chi connectivity index (χ2v) is 6.78. The van der Waals surface area contributed by atoms with Crippen molar-refractivity contribution in [3.8, 4) is 0 Å². The van der Waals surface area contributed by atoms with Gasteiger partial charge in [0.2, 0.25) is 5.91 Å². The Bertz CT molecular complexity index is 771. The molecule has 3 rings (SSSR count). The summed E-state index contributed by atoms with van der Waals surface area (Å²) in [6, 6.07) is 8.97. The highest BCUT2D eigenvalue weighted by Crippen LogP contribution is 2.23. The third-order valence-electron chi connectivity index (χ3n) is 4.08. The number of H-pyrrole nitrogens is 1. The zero-order valence-electron chi connectivity index (χ0n) is 15.0. The van der Waals surface area contributed by atoms with Gasteiger partial charge in [0.1, 0.15) is 0 Å². The first-order chi connectivity index (χ1) is 12.5. The number of anilines is 2. The highest BCUT2D eigenvalue weighted by Gasteiger charge is 2.24.